The van der Waals surface area contributed by atoms with Crippen LogP contribution in [-0.4, -0.2) is 33.1 Å². The molecule has 2 N–H and O–H groups in total. The van der Waals surface area contributed by atoms with Crippen molar-refractivity contribution in [3.63, 3.8) is 0 Å². The van der Waals surface area contributed by atoms with Gasteiger partial charge in [0, 0.05) is 0 Å². The Hall–Kier alpha value is -0.240. The number of ether oxygens (including phenoxy) is 1. The van der Waals surface area contributed by atoms with Crippen LogP contribution >= 0.6 is 37.4 Å². The van der Waals surface area contributed by atoms with Gasteiger partial charge in [-0.15, -0.1) is 0 Å². The summed E-state index contributed by atoms with van der Waals surface area (Å²) in [4.78, 5) is 10.5. The van der Waals surface area contributed by atoms with Gasteiger partial charge in [0.25, 0.3) is 0 Å². The molecule has 0 unspecified atom stereocenters. The first-order valence-electron chi connectivity index (χ1n) is 5.86. The van der Waals surface area contributed by atoms with Gasteiger partial charge in [-0.05, 0) is 0 Å². The van der Waals surface area contributed by atoms with Crippen molar-refractivity contribution in [3.05, 3.63) is 48.5 Å². The molecule has 0 fully saturated rings. The zero-order valence-corrected chi connectivity index (χ0v) is 17.3. The van der Waals surface area contributed by atoms with Gasteiger partial charge in [0.2, 0.25) is 0 Å². The maximum atomic E-state index is 10.5. The molecule has 0 saturated heterocycles. The second kappa shape index (κ2) is 7.35. The molecule has 0 radical (unpaired) electrons. The van der Waals surface area contributed by atoms with Gasteiger partial charge in [0.05, 0.1) is 0 Å². The number of rotatable bonds is 5. The fraction of sp³-hybridized carbons (Fsp3) is 0.0714. The number of phenolic OH excluding ortho intramolecular Hbond substituents is 1. The van der Waals surface area contributed by atoms with E-state index in [1.165, 1.54) is 7.22 Å². The number of carbonyl (C=O) groups is 1. The number of hydrogen-bond acceptors (Lipinski definition) is 3. The van der Waals surface area contributed by atoms with Crippen LogP contribution in [0.25, 0.3) is 0 Å². The zero-order valence-electron chi connectivity index (χ0n) is 10.7. The molecule has 0 aromatic heterocycles. The zero-order chi connectivity index (χ0) is 15.5. The first kappa shape index (κ1) is 17.1. The average molecular weight is 626 g/mol. The fourth-order valence-corrected chi connectivity index (χ4v) is 13.0. The van der Waals surface area contributed by atoms with Gasteiger partial charge >= 0.3 is 147 Å². The number of carboxylic acids is 1. The molecule has 7 heteroatoms. The number of aliphatic carboxylic acids is 1. The molecule has 0 atom stereocenters. The quantitative estimate of drug-likeness (QED) is 0.396. The van der Waals surface area contributed by atoms with Crippen LogP contribution in [0.2, 0.25) is 0 Å². The molecule has 2 aromatic rings. The van der Waals surface area contributed by atoms with Gasteiger partial charge in [0.15, 0.2) is 0 Å². The van der Waals surface area contributed by atoms with Gasteiger partial charge in [-0.2, -0.15) is 0 Å². The summed E-state index contributed by atoms with van der Waals surface area (Å²) in [6.45, 7) is -0.335. The Morgan fingerprint density at radius 1 is 1.00 bits per heavy atom. The molecule has 0 spiro atoms. The third-order valence-electron chi connectivity index (χ3n) is 2.61. The standard InChI is InChI=1S/C14H12I2O4Te/c15-21(16,12-5-1-10(17)2-6-12)13-7-3-11(4-8-13)20-9-14(18)19/h1-8,17H,9H2,(H,18,19). The van der Waals surface area contributed by atoms with E-state index < -0.39 is 16.3 Å². The van der Waals surface area contributed by atoms with E-state index in [-0.39, 0.29) is 12.4 Å². The van der Waals surface area contributed by atoms with Crippen molar-refractivity contribution in [2.75, 3.05) is 6.61 Å². The molecule has 0 saturated carbocycles. The van der Waals surface area contributed by atoms with Crippen molar-refractivity contribution in [3.8, 4) is 11.5 Å². The van der Waals surface area contributed by atoms with E-state index in [0.717, 1.165) is 0 Å². The van der Waals surface area contributed by atoms with Crippen LogP contribution in [0.15, 0.2) is 48.5 Å². The predicted molar refractivity (Wildman–Crippen MR) is 101 cm³/mol. The van der Waals surface area contributed by atoms with Crippen molar-refractivity contribution in [2.45, 2.75) is 0 Å². The number of halogens is 2. The van der Waals surface area contributed by atoms with E-state index >= 15 is 0 Å². The molecule has 0 heterocycles. The Morgan fingerprint density at radius 2 is 1.48 bits per heavy atom. The van der Waals surface area contributed by atoms with Gasteiger partial charge < -0.3 is 0 Å². The SMILES string of the molecule is O=C(O)COc1ccc([Te](I)(I)c2ccc(O)cc2)cc1. The first-order valence-corrected chi connectivity index (χ1v) is 21.8. The van der Waals surface area contributed by atoms with Crippen LogP contribution in [0.3, 0.4) is 0 Å². The summed E-state index contributed by atoms with van der Waals surface area (Å²) in [5, 5.41) is 18.0. The second-order valence-corrected chi connectivity index (χ2v) is 38.5. The monoisotopic (exact) mass is 628 g/mol. The minimum absolute atomic E-state index is 0.266. The summed E-state index contributed by atoms with van der Waals surface area (Å²) >= 11 is 5.05. The van der Waals surface area contributed by atoms with E-state index in [1.54, 1.807) is 24.3 Å². The number of phenols is 1. The number of hydrogen-bond donors (Lipinski definition) is 2. The number of carboxylic acid groups (broad SMARTS) is 1. The number of benzene rings is 2. The Bertz CT molecular complexity index is 626. The van der Waals surface area contributed by atoms with E-state index in [1.807, 2.05) is 24.3 Å². The summed E-state index contributed by atoms with van der Waals surface area (Å²) in [7, 11) is -2.48. The molecule has 21 heavy (non-hydrogen) atoms. The van der Waals surface area contributed by atoms with Crippen molar-refractivity contribution < 1.29 is 19.7 Å². The topological polar surface area (TPSA) is 66.8 Å². The minimum atomic E-state index is -2.48. The summed E-state index contributed by atoms with van der Waals surface area (Å²) in [5.41, 5.74) is 0. The van der Waals surface area contributed by atoms with Crippen molar-refractivity contribution >= 4 is 60.9 Å². The molecule has 2 rings (SSSR count). The molecular weight excluding hydrogens is 614 g/mol. The van der Waals surface area contributed by atoms with Gasteiger partial charge in [-0.1, -0.05) is 0 Å². The predicted octanol–water partition coefficient (Wildman–Crippen LogP) is 2.28. The molecule has 0 aliphatic carbocycles. The Kier molecular flexibility index (Phi) is 5.99. The summed E-state index contributed by atoms with van der Waals surface area (Å²) in [6.07, 6.45) is 0. The summed E-state index contributed by atoms with van der Waals surface area (Å²) in [6, 6.07) is 14.9. The molecular formula is C14H12I2O4Te. The van der Waals surface area contributed by atoms with Crippen LogP contribution in [0, 0.1) is 0 Å². The summed E-state index contributed by atoms with van der Waals surface area (Å²) < 4.78 is 7.63. The molecule has 0 aliphatic rings. The maximum absolute atomic E-state index is 10.5. The van der Waals surface area contributed by atoms with Crippen LogP contribution in [0.4, 0.5) is 0 Å². The van der Waals surface area contributed by atoms with E-state index in [9.17, 15) is 9.90 Å². The molecule has 0 bridgehead atoms. The van der Waals surface area contributed by atoms with Gasteiger partial charge in [-0.3, -0.25) is 0 Å². The molecule has 4 nitrogen and oxygen atoms in total. The number of aromatic hydroxyl groups is 1. The van der Waals surface area contributed by atoms with E-state index in [4.69, 9.17) is 9.84 Å². The first-order chi connectivity index (χ1) is 9.89. The van der Waals surface area contributed by atoms with E-state index in [2.05, 4.69) is 37.4 Å². The molecule has 2 aromatic carbocycles. The van der Waals surface area contributed by atoms with Crippen LogP contribution < -0.4 is 12.0 Å². The summed E-state index contributed by atoms with van der Waals surface area (Å²) in [5.74, 6) is -0.168. The third kappa shape index (κ3) is 4.61. The van der Waals surface area contributed by atoms with Crippen LogP contribution in [0.5, 0.6) is 11.5 Å². The van der Waals surface area contributed by atoms with Crippen molar-refractivity contribution in [2.24, 2.45) is 0 Å². The molecule has 0 amide bonds. The Morgan fingerprint density at radius 3 is 1.95 bits per heavy atom. The van der Waals surface area contributed by atoms with Gasteiger partial charge in [-0.25, -0.2) is 0 Å². The third-order valence-corrected chi connectivity index (χ3v) is 21.2. The van der Waals surface area contributed by atoms with Crippen molar-refractivity contribution in [1.82, 2.24) is 0 Å². The second-order valence-electron chi connectivity index (χ2n) is 4.12. The Labute approximate surface area is 145 Å². The van der Waals surface area contributed by atoms with Crippen molar-refractivity contribution in [1.29, 1.82) is 0 Å². The molecule has 112 valence electrons. The van der Waals surface area contributed by atoms with Crippen LogP contribution in [0.1, 0.15) is 0 Å². The fourth-order valence-electron chi connectivity index (χ4n) is 1.60. The van der Waals surface area contributed by atoms with E-state index in [0.29, 0.717) is 5.75 Å². The molecule has 0 aliphatic heterocycles. The van der Waals surface area contributed by atoms with Gasteiger partial charge in [0.1, 0.15) is 0 Å². The average Bonchev–Trinajstić information content (AvgIpc) is 2.46. The van der Waals surface area contributed by atoms with Crippen LogP contribution in [-0.2, 0) is 4.79 Å². The normalized spacial score (nSPS) is 11.9. The Balaban J connectivity index is 2.20.